The predicted molar refractivity (Wildman–Crippen MR) is 121 cm³/mol. The van der Waals surface area contributed by atoms with E-state index >= 15 is 0 Å². The van der Waals surface area contributed by atoms with Crippen LogP contribution in [0.3, 0.4) is 0 Å². The minimum Gasteiger partial charge on any atom is -0.480 e. The third-order valence-corrected chi connectivity index (χ3v) is 3.90. The van der Waals surface area contributed by atoms with Gasteiger partial charge in [-0.05, 0) is 29.3 Å². The van der Waals surface area contributed by atoms with Crippen LogP contribution in [0.1, 0.15) is 25.0 Å². The lowest BCUT2D eigenvalue weighted by Crippen LogP contribution is -2.42. The summed E-state index contributed by atoms with van der Waals surface area (Å²) < 4.78 is 8.68. The first kappa shape index (κ1) is 29.8. The van der Waals surface area contributed by atoms with Crippen molar-refractivity contribution in [2.75, 3.05) is 14.2 Å². The maximum Gasteiger partial charge on any atom is 0.407 e. The van der Waals surface area contributed by atoms with Gasteiger partial charge in [-0.2, -0.15) is 0 Å². The maximum atomic E-state index is 10.9. The lowest BCUT2D eigenvalue weighted by Gasteiger charge is -2.13. The van der Waals surface area contributed by atoms with Gasteiger partial charge in [0.25, 0.3) is 0 Å². The van der Waals surface area contributed by atoms with E-state index in [1.807, 2.05) is 13.8 Å². The van der Waals surface area contributed by atoms with Gasteiger partial charge in [-0.25, -0.2) is 19.2 Å². The van der Waals surface area contributed by atoms with E-state index in [2.05, 4.69) is 30.1 Å². The predicted octanol–water partition coefficient (Wildman–Crippen LogP) is 1.89. The second-order valence-electron chi connectivity index (χ2n) is 6.18. The molecule has 0 fully saturated rings. The summed E-state index contributed by atoms with van der Waals surface area (Å²) in [7, 11) is 2.36. The monoisotopic (exact) mass is 478 g/mol. The number of carbonyl (C=O) groups is 4. The van der Waals surface area contributed by atoms with Crippen molar-refractivity contribution in [2.24, 2.45) is 0 Å². The first-order valence-electron chi connectivity index (χ1n) is 10.2. The Morgan fingerprint density at radius 2 is 1.26 bits per heavy atom. The third-order valence-electron chi connectivity index (χ3n) is 3.90. The van der Waals surface area contributed by atoms with Crippen molar-refractivity contribution >= 4 is 24.1 Å². The second-order valence-corrected chi connectivity index (χ2v) is 6.18. The van der Waals surface area contributed by atoms with E-state index in [0.717, 1.165) is 11.1 Å². The Morgan fingerprint density at radius 1 is 0.794 bits per heavy atom. The summed E-state index contributed by atoms with van der Waals surface area (Å²) in [5, 5.41) is 22.2. The smallest absolute Gasteiger partial charge is 0.407 e. The number of alkyl carbamates (subject to hydrolysis) is 2. The molecule has 0 saturated carbocycles. The van der Waals surface area contributed by atoms with Gasteiger partial charge < -0.3 is 30.3 Å². The van der Waals surface area contributed by atoms with Crippen LogP contribution in [0, 0.1) is 0 Å². The van der Waals surface area contributed by atoms with Crippen molar-refractivity contribution < 1.29 is 38.9 Å². The number of hydrogen-bond donors (Lipinski definition) is 4. The van der Waals surface area contributed by atoms with Gasteiger partial charge in [-0.15, -0.1) is 0 Å². The van der Waals surface area contributed by atoms with E-state index < -0.39 is 36.2 Å². The van der Waals surface area contributed by atoms with E-state index in [1.54, 1.807) is 49.1 Å². The van der Waals surface area contributed by atoms with Crippen LogP contribution in [0.25, 0.3) is 0 Å². The summed E-state index contributed by atoms with van der Waals surface area (Å²) >= 11 is 0. The quantitative estimate of drug-likeness (QED) is 0.438. The highest BCUT2D eigenvalue weighted by molar-refractivity contribution is 5.80. The Balaban J connectivity index is 0.000000597. The van der Waals surface area contributed by atoms with Crippen LogP contribution in [-0.4, -0.2) is 70.6 Å². The van der Waals surface area contributed by atoms with Crippen molar-refractivity contribution in [3.05, 3.63) is 60.2 Å². The minimum atomic E-state index is -1.12. The summed E-state index contributed by atoms with van der Waals surface area (Å²) in [5.74, 6) is -2.23. The van der Waals surface area contributed by atoms with Crippen molar-refractivity contribution in [3.63, 3.8) is 0 Å². The molecule has 2 atom stereocenters. The van der Waals surface area contributed by atoms with Crippen molar-refractivity contribution in [3.8, 4) is 0 Å². The van der Waals surface area contributed by atoms with Gasteiger partial charge in [0.15, 0.2) is 0 Å². The molecule has 0 spiro atoms. The zero-order valence-electron chi connectivity index (χ0n) is 19.4. The molecule has 0 saturated heterocycles. The number of carboxylic acid groups (broad SMARTS) is 2. The zero-order valence-corrected chi connectivity index (χ0v) is 19.4. The van der Waals surface area contributed by atoms with Gasteiger partial charge in [0.1, 0.15) is 12.1 Å². The molecule has 0 aromatic carbocycles. The Bertz CT molecular complexity index is 807. The van der Waals surface area contributed by atoms with Gasteiger partial charge in [-0.1, -0.05) is 19.9 Å². The SMILES string of the molecule is CC.COC(=O)N[C@@H](Cc1cccnc1)C(=O)O.COC(=O)N[C@@H](Cc1ccncc1)C(=O)O. The fourth-order valence-electron chi connectivity index (χ4n) is 2.31. The summed E-state index contributed by atoms with van der Waals surface area (Å²) in [6, 6.07) is 4.80. The van der Waals surface area contributed by atoms with E-state index in [4.69, 9.17) is 10.2 Å². The standard InChI is InChI=1S/2C10H12N2O4.C2H6/c1-16-10(15)12-8(9(13)14)6-7-2-4-11-5-3-7;1-16-10(15)12-8(9(13)14)5-7-3-2-4-11-6-7;1-2/h2-5,8H,6H2,1H3,(H,12,15)(H,13,14);2-4,6,8H,5H2,1H3,(H,12,15)(H,13,14);1-2H3/t2*8-;/m00./s1. The largest absolute Gasteiger partial charge is 0.480 e. The molecular weight excluding hydrogens is 448 g/mol. The highest BCUT2D eigenvalue weighted by Crippen LogP contribution is 2.03. The fraction of sp³-hybridized carbons (Fsp3) is 0.364. The number of aliphatic carboxylic acids is 2. The first-order chi connectivity index (χ1) is 16.3. The highest BCUT2D eigenvalue weighted by Gasteiger charge is 2.21. The molecule has 186 valence electrons. The van der Waals surface area contributed by atoms with Crippen LogP contribution < -0.4 is 10.6 Å². The lowest BCUT2D eigenvalue weighted by molar-refractivity contribution is -0.140. The Kier molecular flexibility index (Phi) is 15.2. The molecule has 0 aliphatic carbocycles. The van der Waals surface area contributed by atoms with Crippen molar-refractivity contribution in [1.82, 2.24) is 20.6 Å². The number of methoxy groups -OCH3 is 2. The lowest BCUT2D eigenvalue weighted by atomic mass is 10.1. The average Bonchev–Trinajstić information content (AvgIpc) is 2.85. The highest BCUT2D eigenvalue weighted by atomic mass is 16.5. The van der Waals surface area contributed by atoms with E-state index in [0.29, 0.717) is 0 Å². The molecule has 4 N–H and O–H groups in total. The Labute approximate surface area is 197 Å². The summed E-state index contributed by atoms with van der Waals surface area (Å²) in [6.07, 6.45) is 5.09. The van der Waals surface area contributed by atoms with E-state index in [1.165, 1.54) is 14.2 Å². The molecule has 2 amide bonds. The molecule has 2 heterocycles. The van der Waals surface area contributed by atoms with E-state index in [9.17, 15) is 19.2 Å². The first-order valence-corrected chi connectivity index (χ1v) is 10.2. The van der Waals surface area contributed by atoms with Gasteiger partial charge in [0, 0.05) is 37.6 Å². The molecule has 0 bridgehead atoms. The van der Waals surface area contributed by atoms with Crippen molar-refractivity contribution in [2.45, 2.75) is 38.8 Å². The van der Waals surface area contributed by atoms with Gasteiger partial charge in [0.05, 0.1) is 14.2 Å². The molecule has 34 heavy (non-hydrogen) atoms. The number of rotatable bonds is 8. The van der Waals surface area contributed by atoms with Gasteiger partial charge in [-0.3, -0.25) is 9.97 Å². The van der Waals surface area contributed by atoms with Crippen LogP contribution in [0.5, 0.6) is 0 Å². The Hall–Kier alpha value is -4.22. The van der Waals surface area contributed by atoms with Crippen LogP contribution in [0.4, 0.5) is 9.59 Å². The average molecular weight is 479 g/mol. The molecule has 2 aromatic rings. The third kappa shape index (κ3) is 12.6. The normalized spacial score (nSPS) is 11.1. The molecule has 0 aliphatic heterocycles. The maximum absolute atomic E-state index is 10.9. The second kappa shape index (κ2) is 17.3. The molecule has 2 rings (SSSR count). The number of amides is 2. The summed E-state index contributed by atoms with van der Waals surface area (Å²) in [4.78, 5) is 51.2. The van der Waals surface area contributed by atoms with Crippen LogP contribution in [0.2, 0.25) is 0 Å². The molecule has 0 aliphatic rings. The van der Waals surface area contributed by atoms with Crippen LogP contribution in [-0.2, 0) is 31.9 Å². The number of aromatic nitrogens is 2. The number of nitrogens with zero attached hydrogens (tertiary/aromatic N) is 2. The number of carboxylic acids is 2. The Morgan fingerprint density at radius 3 is 1.65 bits per heavy atom. The van der Waals surface area contributed by atoms with Gasteiger partial charge in [0.2, 0.25) is 0 Å². The molecule has 2 aromatic heterocycles. The number of pyridine rings is 2. The van der Waals surface area contributed by atoms with Crippen LogP contribution in [0.15, 0.2) is 49.1 Å². The topological polar surface area (TPSA) is 177 Å². The molecule has 12 heteroatoms. The van der Waals surface area contributed by atoms with Gasteiger partial charge >= 0.3 is 24.1 Å². The summed E-state index contributed by atoms with van der Waals surface area (Å²) in [6.45, 7) is 4.00. The number of ether oxygens (including phenoxy) is 2. The fourth-order valence-corrected chi connectivity index (χ4v) is 2.31. The number of nitrogens with one attached hydrogen (secondary N) is 2. The van der Waals surface area contributed by atoms with Crippen LogP contribution >= 0.6 is 0 Å². The summed E-state index contributed by atoms with van der Waals surface area (Å²) in [5.41, 5.74) is 1.50. The van der Waals surface area contributed by atoms with E-state index in [-0.39, 0.29) is 12.8 Å². The zero-order chi connectivity index (χ0) is 25.9. The number of carbonyl (C=O) groups excluding carboxylic acids is 2. The minimum absolute atomic E-state index is 0.165. The molecule has 0 radical (unpaired) electrons. The molecule has 0 unspecified atom stereocenters. The number of hydrogen-bond acceptors (Lipinski definition) is 8. The van der Waals surface area contributed by atoms with Crippen molar-refractivity contribution in [1.29, 1.82) is 0 Å². The molecular formula is C22H30N4O8. The molecule has 12 nitrogen and oxygen atoms in total.